The number of aromatic amines is 1. The van der Waals surface area contributed by atoms with Gasteiger partial charge in [0.05, 0.1) is 0 Å². The summed E-state index contributed by atoms with van der Waals surface area (Å²) < 4.78 is 5.91. The maximum atomic E-state index is 12.0. The Morgan fingerprint density at radius 2 is 1.88 bits per heavy atom. The van der Waals surface area contributed by atoms with Crippen molar-refractivity contribution < 1.29 is 14.3 Å². The summed E-state index contributed by atoms with van der Waals surface area (Å²) in [6, 6.07) is 5.57. The van der Waals surface area contributed by atoms with Gasteiger partial charge in [0.2, 0.25) is 0 Å². The first-order valence-corrected chi connectivity index (χ1v) is 7.76. The number of H-pyrrole nitrogens is 1. The fraction of sp³-hybridized carbons (Fsp3) is 0.200. The van der Waals surface area contributed by atoms with Gasteiger partial charge in [-0.25, -0.2) is 4.79 Å². The molecule has 0 aliphatic carbocycles. The number of anilines is 1. The van der Waals surface area contributed by atoms with E-state index in [1.165, 1.54) is 25.1 Å². The monoisotopic (exact) mass is 385 g/mol. The van der Waals surface area contributed by atoms with Crippen LogP contribution in [-0.4, -0.2) is 27.5 Å². The smallest absolute Gasteiger partial charge is 0.328 e. The van der Waals surface area contributed by atoms with Crippen LogP contribution in [0.1, 0.15) is 6.92 Å². The third kappa shape index (κ3) is 5.47. The minimum absolute atomic E-state index is 0.338. The number of halogens is 2. The summed E-state index contributed by atoms with van der Waals surface area (Å²) in [4.78, 5) is 48.3. The van der Waals surface area contributed by atoms with Crippen molar-refractivity contribution in [3.8, 4) is 0 Å². The van der Waals surface area contributed by atoms with Crippen LogP contribution in [0.4, 0.5) is 5.69 Å². The van der Waals surface area contributed by atoms with Gasteiger partial charge in [-0.1, -0.05) is 23.2 Å². The van der Waals surface area contributed by atoms with Crippen molar-refractivity contribution in [2.75, 3.05) is 5.32 Å². The molecule has 25 heavy (non-hydrogen) atoms. The molecule has 0 saturated carbocycles. The summed E-state index contributed by atoms with van der Waals surface area (Å²) in [6.07, 6.45) is 0.0323. The lowest BCUT2D eigenvalue weighted by molar-refractivity contribution is -0.153. The minimum Gasteiger partial charge on any atom is -0.451 e. The van der Waals surface area contributed by atoms with Gasteiger partial charge in [-0.3, -0.25) is 23.9 Å². The number of ether oxygens (including phenoxy) is 1. The Kier molecular flexibility index (Phi) is 6.00. The normalized spacial score (nSPS) is 11.6. The van der Waals surface area contributed by atoms with Gasteiger partial charge in [0.25, 0.3) is 11.5 Å². The van der Waals surface area contributed by atoms with Gasteiger partial charge in [0.15, 0.2) is 6.10 Å². The average Bonchev–Trinajstić information content (AvgIpc) is 2.49. The molecule has 0 saturated heterocycles. The molecule has 0 aliphatic rings. The molecule has 8 nitrogen and oxygen atoms in total. The molecule has 1 aromatic heterocycles. The Morgan fingerprint density at radius 3 is 2.48 bits per heavy atom. The minimum atomic E-state index is -1.12. The second kappa shape index (κ2) is 8.00. The highest BCUT2D eigenvalue weighted by Gasteiger charge is 2.19. The van der Waals surface area contributed by atoms with E-state index in [0.717, 1.165) is 16.8 Å². The fourth-order valence-electron chi connectivity index (χ4n) is 1.87. The molecule has 0 fully saturated rings. The summed E-state index contributed by atoms with van der Waals surface area (Å²) in [5, 5.41) is 3.19. The standard InChI is InChI=1S/C15H13Cl2N3O5/c1-8(14(23)18-11-5-9(16)4-10(17)6-11)25-13(22)7-20-3-2-12(21)19-15(20)24/h2-6,8H,7H2,1H3,(H,18,23)(H,19,21,24)/t8-/m1/s1. The molecule has 0 bridgehead atoms. The van der Waals surface area contributed by atoms with E-state index in [2.05, 4.69) is 5.32 Å². The van der Waals surface area contributed by atoms with E-state index in [4.69, 9.17) is 27.9 Å². The summed E-state index contributed by atoms with van der Waals surface area (Å²) in [7, 11) is 0. The van der Waals surface area contributed by atoms with Crippen LogP contribution in [0.3, 0.4) is 0 Å². The quantitative estimate of drug-likeness (QED) is 0.756. The van der Waals surface area contributed by atoms with E-state index < -0.39 is 35.8 Å². The van der Waals surface area contributed by atoms with Gasteiger partial charge in [0.1, 0.15) is 6.54 Å². The van der Waals surface area contributed by atoms with Crippen LogP contribution in [0.2, 0.25) is 10.0 Å². The molecule has 2 aromatic rings. The second-order valence-electron chi connectivity index (χ2n) is 5.02. The largest absolute Gasteiger partial charge is 0.451 e. The third-order valence-corrected chi connectivity index (χ3v) is 3.44. The highest BCUT2D eigenvalue weighted by Crippen LogP contribution is 2.22. The zero-order chi connectivity index (χ0) is 18.6. The number of amides is 1. The second-order valence-corrected chi connectivity index (χ2v) is 5.89. The number of carbonyl (C=O) groups excluding carboxylic acids is 2. The van der Waals surface area contributed by atoms with Gasteiger partial charge >= 0.3 is 11.7 Å². The summed E-state index contributed by atoms with van der Waals surface area (Å²) in [6.45, 7) is 0.922. The number of hydrogen-bond acceptors (Lipinski definition) is 5. The Labute approximate surface area is 151 Å². The van der Waals surface area contributed by atoms with Gasteiger partial charge in [-0.05, 0) is 25.1 Å². The number of hydrogen-bond donors (Lipinski definition) is 2. The van der Waals surface area contributed by atoms with Crippen LogP contribution < -0.4 is 16.6 Å². The topological polar surface area (TPSA) is 110 Å². The van der Waals surface area contributed by atoms with Gasteiger partial charge < -0.3 is 10.1 Å². The number of aromatic nitrogens is 2. The number of nitrogens with one attached hydrogen (secondary N) is 2. The molecular formula is C15H13Cl2N3O5. The van der Waals surface area contributed by atoms with Crippen molar-refractivity contribution in [3.05, 3.63) is 61.3 Å². The van der Waals surface area contributed by atoms with E-state index in [1.807, 2.05) is 4.98 Å². The first-order chi connectivity index (χ1) is 11.7. The fourth-order valence-corrected chi connectivity index (χ4v) is 2.39. The molecule has 0 radical (unpaired) electrons. The summed E-state index contributed by atoms with van der Waals surface area (Å²) in [5.74, 6) is -1.42. The van der Waals surface area contributed by atoms with Crippen molar-refractivity contribution in [3.63, 3.8) is 0 Å². The zero-order valence-corrected chi connectivity index (χ0v) is 14.4. The molecule has 0 unspecified atom stereocenters. The van der Waals surface area contributed by atoms with Crippen LogP contribution in [0, 0.1) is 0 Å². The zero-order valence-electron chi connectivity index (χ0n) is 12.9. The van der Waals surface area contributed by atoms with Crippen molar-refractivity contribution in [1.29, 1.82) is 0 Å². The van der Waals surface area contributed by atoms with E-state index in [9.17, 15) is 19.2 Å². The molecule has 1 atom stereocenters. The number of carbonyl (C=O) groups is 2. The van der Waals surface area contributed by atoms with E-state index >= 15 is 0 Å². The Balaban J connectivity index is 1.96. The Hall–Kier alpha value is -2.58. The summed E-state index contributed by atoms with van der Waals surface area (Å²) >= 11 is 11.7. The molecule has 1 aromatic carbocycles. The lowest BCUT2D eigenvalue weighted by atomic mass is 10.3. The molecule has 10 heteroatoms. The van der Waals surface area contributed by atoms with Crippen LogP contribution in [0.25, 0.3) is 0 Å². The predicted octanol–water partition coefficient (Wildman–Crippen LogP) is 1.41. The number of benzene rings is 1. The van der Waals surface area contributed by atoms with Gasteiger partial charge in [-0.15, -0.1) is 0 Å². The molecule has 0 aliphatic heterocycles. The first-order valence-electron chi connectivity index (χ1n) is 7.01. The molecule has 2 rings (SSSR count). The molecule has 1 amide bonds. The first kappa shape index (κ1) is 18.8. The van der Waals surface area contributed by atoms with Crippen LogP contribution >= 0.6 is 23.2 Å². The SMILES string of the molecule is C[C@@H](OC(=O)Cn1ccc(=O)[nH]c1=O)C(=O)Nc1cc(Cl)cc(Cl)c1. The van der Waals surface area contributed by atoms with Crippen molar-refractivity contribution in [2.45, 2.75) is 19.6 Å². The average molecular weight is 386 g/mol. The maximum Gasteiger partial charge on any atom is 0.328 e. The van der Waals surface area contributed by atoms with E-state index in [-0.39, 0.29) is 0 Å². The van der Waals surface area contributed by atoms with Crippen molar-refractivity contribution in [1.82, 2.24) is 9.55 Å². The van der Waals surface area contributed by atoms with Crippen LogP contribution in [0.15, 0.2) is 40.1 Å². The third-order valence-electron chi connectivity index (χ3n) is 3.00. The molecule has 2 N–H and O–H groups in total. The number of esters is 1. The summed E-state index contributed by atoms with van der Waals surface area (Å²) in [5.41, 5.74) is -0.986. The van der Waals surface area contributed by atoms with Crippen molar-refractivity contribution in [2.24, 2.45) is 0 Å². The lowest BCUT2D eigenvalue weighted by Crippen LogP contribution is -2.34. The van der Waals surface area contributed by atoms with Crippen LogP contribution in [-0.2, 0) is 20.9 Å². The Bertz CT molecular complexity index is 902. The molecular weight excluding hydrogens is 373 g/mol. The van der Waals surface area contributed by atoms with Crippen molar-refractivity contribution >= 4 is 40.8 Å². The highest BCUT2D eigenvalue weighted by atomic mass is 35.5. The maximum absolute atomic E-state index is 12.0. The lowest BCUT2D eigenvalue weighted by Gasteiger charge is -2.14. The predicted molar refractivity (Wildman–Crippen MR) is 92.0 cm³/mol. The number of rotatable bonds is 5. The number of nitrogens with zero attached hydrogens (tertiary/aromatic N) is 1. The van der Waals surface area contributed by atoms with Gasteiger partial charge in [-0.2, -0.15) is 0 Å². The highest BCUT2D eigenvalue weighted by molar-refractivity contribution is 6.35. The molecule has 0 spiro atoms. The molecule has 1 heterocycles. The van der Waals surface area contributed by atoms with E-state index in [1.54, 1.807) is 0 Å². The van der Waals surface area contributed by atoms with Crippen LogP contribution in [0.5, 0.6) is 0 Å². The molecule has 132 valence electrons. The Morgan fingerprint density at radius 1 is 1.24 bits per heavy atom. The van der Waals surface area contributed by atoms with E-state index in [0.29, 0.717) is 15.7 Å². The van der Waals surface area contributed by atoms with Gasteiger partial charge in [0, 0.05) is 28.0 Å².